The van der Waals surface area contributed by atoms with E-state index < -0.39 is 16.9 Å². The van der Waals surface area contributed by atoms with Gasteiger partial charge in [0, 0.05) is 49.1 Å². The molecule has 11 nitrogen and oxygen atoms in total. The number of carbonyl (C=O) groups excluding carboxylic acids is 4. The van der Waals surface area contributed by atoms with Crippen LogP contribution in [0.1, 0.15) is 69.1 Å². The molecular weight excluding hydrogens is 502 g/mol. The number of nitrogens with one attached hydrogen (secondary N) is 2. The second-order valence-corrected chi connectivity index (χ2v) is 10.5. The van der Waals surface area contributed by atoms with Crippen molar-refractivity contribution < 1.29 is 24.1 Å². The van der Waals surface area contributed by atoms with E-state index in [-0.39, 0.29) is 35.7 Å². The summed E-state index contributed by atoms with van der Waals surface area (Å²) in [5.41, 5.74) is 4.34. The van der Waals surface area contributed by atoms with Gasteiger partial charge in [-0.25, -0.2) is 0 Å². The van der Waals surface area contributed by atoms with Crippen LogP contribution < -0.4 is 5.32 Å². The molecule has 39 heavy (non-hydrogen) atoms. The van der Waals surface area contributed by atoms with E-state index in [1.807, 2.05) is 30.0 Å². The molecule has 1 aromatic heterocycles. The minimum Gasteiger partial charge on any atom is -0.350 e. The third-order valence-electron chi connectivity index (χ3n) is 8.27. The maximum Gasteiger partial charge on any atom is 0.271 e. The lowest BCUT2D eigenvalue weighted by Crippen LogP contribution is -2.52. The molecule has 0 spiro atoms. The van der Waals surface area contributed by atoms with Crippen LogP contribution in [0, 0.1) is 17.0 Å². The summed E-state index contributed by atoms with van der Waals surface area (Å²) in [6.45, 7) is 3.31. The molecule has 200 valence electrons. The van der Waals surface area contributed by atoms with Crippen LogP contribution in [0.15, 0.2) is 36.4 Å². The van der Waals surface area contributed by atoms with E-state index in [9.17, 15) is 29.3 Å². The Kier molecular flexibility index (Phi) is 5.93. The molecule has 2 aromatic carbocycles. The fourth-order valence-corrected chi connectivity index (χ4v) is 6.08. The van der Waals surface area contributed by atoms with Crippen LogP contribution >= 0.6 is 0 Å². The van der Waals surface area contributed by atoms with Gasteiger partial charge in [-0.05, 0) is 60.9 Å². The smallest absolute Gasteiger partial charge is 0.271 e. The van der Waals surface area contributed by atoms with Crippen LogP contribution in [0.3, 0.4) is 0 Å². The van der Waals surface area contributed by atoms with Crippen molar-refractivity contribution in [2.24, 2.45) is 0 Å². The number of fused-ring (bicyclic) bond motifs is 2. The van der Waals surface area contributed by atoms with E-state index in [0.717, 1.165) is 34.9 Å². The van der Waals surface area contributed by atoms with Crippen molar-refractivity contribution in [2.75, 3.05) is 13.1 Å². The maximum atomic E-state index is 13.3. The number of hydrogen-bond donors (Lipinski definition) is 2. The number of carbonyl (C=O) groups is 4. The van der Waals surface area contributed by atoms with Gasteiger partial charge in [0.1, 0.15) is 11.7 Å². The summed E-state index contributed by atoms with van der Waals surface area (Å²) in [5, 5.41) is 14.2. The Bertz CT molecular complexity index is 1570. The summed E-state index contributed by atoms with van der Waals surface area (Å²) < 4.78 is 0. The van der Waals surface area contributed by atoms with Gasteiger partial charge < -0.3 is 14.8 Å². The number of nitro benzene ring substituents is 1. The Morgan fingerprint density at radius 1 is 1.05 bits per heavy atom. The van der Waals surface area contributed by atoms with Crippen molar-refractivity contribution in [3.05, 3.63) is 74.5 Å². The van der Waals surface area contributed by atoms with Crippen LogP contribution in [0.25, 0.3) is 10.9 Å². The van der Waals surface area contributed by atoms with E-state index in [2.05, 4.69) is 10.3 Å². The van der Waals surface area contributed by atoms with Crippen LogP contribution in [-0.2, 0) is 16.1 Å². The molecule has 2 fully saturated rings. The molecule has 11 heteroatoms. The Morgan fingerprint density at radius 2 is 1.82 bits per heavy atom. The molecule has 2 N–H and O–H groups in total. The number of aromatic nitrogens is 1. The number of nitro groups is 1. The number of likely N-dealkylation sites (tertiary alicyclic amines) is 1. The number of benzene rings is 2. The second kappa shape index (κ2) is 9.33. The fourth-order valence-electron chi connectivity index (χ4n) is 6.08. The van der Waals surface area contributed by atoms with Gasteiger partial charge >= 0.3 is 0 Å². The highest BCUT2D eigenvalue weighted by Crippen LogP contribution is 2.34. The predicted octanol–water partition coefficient (Wildman–Crippen LogP) is 3.17. The molecule has 0 aliphatic carbocycles. The number of H-pyrrole nitrogens is 1. The van der Waals surface area contributed by atoms with Gasteiger partial charge in [-0.2, -0.15) is 0 Å². The predicted molar refractivity (Wildman–Crippen MR) is 140 cm³/mol. The van der Waals surface area contributed by atoms with E-state index in [0.29, 0.717) is 42.8 Å². The normalized spacial score (nSPS) is 19.9. The van der Waals surface area contributed by atoms with Gasteiger partial charge in [0.05, 0.1) is 10.4 Å². The minimum atomic E-state index is -0.639. The van der Waals surface area contributed by atoms with Crippen LogP contribution in [-0.4, -0.2) is 62.5 Å². The largest absolute Gasteiger partial charge is 0.350 e. The van der Waals surface area contributed by atoms with E-state index in [1.54, 1.807) is 11.0 Å². The number of non-ortho nitro benzene ring substituents is 1. The molecule has 6 rings (SSSR count). The summed E-state index contributed by atoms with van der Waals surface area (Å²) in [6.07, 6.45) is 2.08. The maximum absolute atomic E-state index is 13.3. The number of aryl methyl sites for hydroxylation is 1. The van der Waals surface area contributed by atoms with Crippen molar-refractivity contribution in [1.82, 2.24) is 20.1 Å². The van der Waals surface area contributed by atoms with Gasteiger partial charge in [0.15, 0.2) is 0 Å². The number of hydrogen-bond acceptors (Lipinski definition) is 6. The van der Waals surface area contributed by atoms with E-state index in [1.165, 1.54) is 12.1 Å². The monoisotopic (exact) mass is 529 g/mol. The SMILES string of the molecule is Cc1c(C(=O)N2CCC(c3ccc4c(c3)CN(C3CCC(=O)NC3=O)C4=O)CC2)[nH]c2cc([N+](=O)[O-])ccc12. The molecule has 3 aromatic rings. The first-order valence-corrected chi connectivity index (χ1v) is 13.0. The number of piperidine rings is 2. The third-order valence-corrected chi connectivity index (χ3v) is 8.27. The lowest BCUT2D eigenvalue weighted by atomic mass is 9.87. The van der Waals surface area contributed by atoms with Crippen molar-refractivity contribution in [2.45, 2.75) is 51.1 Å². The first-order valence-electron chi connectivity index (χ1n) is 13.0. The Labute approximate surface area is 223 Å². The van der Waals surface area contributed by atoms with Crippen molar-refractivity contribution in [1.29, 1.82) is 0 Å². The Hall–Kier alpha value is -4.54. The summed E-state index contributed by atoms with van der Waals surface area (Å²) >= 11 is 0. The van der Waals surface area contributed by atoms with Gasteiger partial charge in [-0.15, -0.1) is 0 Å². The summed E-state index contributed by atoms with van der Waals surface area (Å²) in [4.78, 5) is 67.3. The molecule has 1 atom stereocenters. The standard InChI is InChI=1S/C28H27N5O6/c1-15-20-5-3-19(33(38)39)13-22(20)29-25(15)28(37)31-10-8-16(9-11-31)17-2-4-21-18(12-17)14-32(27(21)36)23-6-7-24(34)30-26(23)35/h2-5,12-13,16,23,29H,6-11,14H2,1H3,(H,30,34,35). The van der Waals surface area contributed by atoms with Crippen molar-refractivity contribution >= 4 is 40.2 Å². The lowest BCUT2D eigenvalue weighted by molar-refractivity contribution is -0.384. The fraction of sp³-hybridized carbons (Fsp3) is 0.357. The summed E-state index contributed by atoms with van der Waals surface area (Å²) in [7, 11) is 0. The number of imide groups is 1. The van der Waals surface area contributed by atoms with Gasteiger partial charge in [0.25, 0.3) is 17.5 Å². The minimum absolute atomic E-state index is 0.0279. The molecule has 4 amide bonds. The number of nitrogens with zero attached hydrogens (tertiary/aromatic N) is 3. The second-order valence-electron chi connectivity index (χ2n) is 10.5. The molecule has 0 bridgehead atoms. The number of amides is 4. The van der Waals surface area contributed by atoms with E-state index in [4.69, 9.17) is 0 Å². The van der Waals surface area contributed by atoms with Crippen LogP contribution in [0.4, 0.5) is 5.69 Å². The van der Waals surface area contributed by atoms with Crippen LogP contribution in [0.2, 0.25) is 0 Å². The molecule has 3 aliphatic heterocycles. The van der Waals surface area contributed by atoms with Gasteiger partial charge in [0.2, 0.25) is 11.8 Å². The van der Waals surface area contributed by atoms with E-state index >= 15 is 0 Å². The average Bonchev–Trinajstić information content (AvgIpc) is 3.44. The Morgan fingerprint density at radius 3 is 2.54 bits per heavy atom. The molecule has 2 saturated heterocycles. The summed E-state index contributed by atoms with van der Waals surface area (Å²) in [6, 6.07) is 9.74. The average molecular weight is 530 g/mol. The first-order chi connectivity index (χ1) is 18.7. The van der Waals surface area contributed by atoms with Crippen molar-refractivity contribution in [3.8, 4) is 0 Å². The molecule has 0 radical (unpaired) electrons. The van der Waals surface area contributed by atoms with Crippen LogP contribution in [0.5, 0.6) is 0 Å². The molecule has 1 unspecified atom stereocenters. The first kappa shape index (κ1) is 24.8. The molecular formula is C28H27N5O6. The molecule has 3 aliphatic rings. The van der Waals surface area contributed by atoms with Gasteiger partial charge in [-0.1, -0.05) is 12.1 Å². The molecule has 4 heterocycles. The van der Waals surface area contributed by atoms with Gasteiger partial charge in [-0.3, -0.25) is 34.6 Å². The number of rotatable bonds is 4. The highest BCUT2D eigenvalue weighted by atomic mass is 16.6. The topological polar surface area (TPSA) is 146 Å². The number of aromatic amines is 1. The Balaban J connectivity index is 1.13. The summed E-state index contributed by atoms with van der Waals surface area (Å²) in [5.74, 6) is -0.815. The zero-order valence-corrected chi connectivity index (χ0v) is 21.4. The quantitative estimate of drug-likeness (QED) is 0.302. The van der Waals surface area contributed by atoms with Crippen molar-refractivity contribution in [3.63, 3.8) is 0 Å². The highest BCUT2D eigenvalue weighted by Gasteiger charge is 2.39. The zero-order valence-electron chi connectivity index (χ0n) is 21.4. The molecule has 0 saturated carbocycles. The third kappa shape index (κ3) is 4.23. The lowest BCUT2D eigenvalue weighted by Gasteiger charge is -2.32. The zero-order chi connectivity index (χ0) is 27.4. The highest BCUT2D eigenvalue weighted by molar-refractivity contribution is 6.05.